The molecule has 0 radical (unpaired) electrons. The molecule has 1 fully saturated rings. The van der Waals surface area contributed by atoms with Crippen LogP contribution in [0.4, 0.5) is 5.82 Å². The Balaban J connectivity index is 2.31. The molecule has 4 N–H and O–H groups in total. The van der Waals surface area contributed by atoms with Gasteiger partial charge in [-0.1, -0.05) is 0 Å². The van der Waals surface area contributed by atoms with Crippen LogP contribution in [0.5, 0.6) is 0 Å². The highest BCUT2D eigenvalue weighted by Gasteiger charge is 2.37. The minimum atomic E-state index is -0.417. The van der Waals surface area contributed by atoms with Crippen LogP contribution in [-0.2, 0) is 0 Å². The van der Waals surface area contributed by atoms with Crippen molar-refractivity contribution in [3.05, 3.63) is 22.7 Å². The van der Waals surface area contributed by atoms with Crippen LogP contribution >= 0.6 is 11.8 Å². The minimum Gasteiger partial charge on any atom is -0.396 e. The topological polar surface area (TPSA) is 101 Å². The lowest BCUT2D eigenvalue weighted by Crippen LogP contribution is -2.31. The zero-order chi connectivity index (χ0) is 12.4. The highest BCUT2D eigenvalue weighted by Crippen LogP contribution is 2.43. The molecule has 2 rings (SSSR count). The smallest absolute Gasteiger partial charge is 0.350 e. The third kappa shape index (κ3) is 2.31. The van der Waals surface area contributed by atoms with Crippen LogP contribution in [0.15, 0.2) is 17.1 Å². The second-order valence-corrected chi connectivity index (χ2v) is 5.20. The standard InChI is InChI=1S/C10H15N3O3S/c11-8-1-2-13(10(16)12-8)9-7(4-15)6(3-14)5-17-9/h1-2,6-7,9,14-15H,3-5H2,(H2,11,12,16)/t6-,7-,9+/m0/s1. The Labute approximate surface area is 102 Å². The molecule has 0 amide bonds. The molecular weight excluding hydrogens is 242 g/mol. The van der Waals surface area contributed by atoms with Gasteiger partial charge in [0.25, 0.3) is 0 Å². The zero-order valence-electron chi connectivity index (χ0n) is 9.19. The molecule has 1 aromatic heterocycles. The molecule has 2 heterocycles. The normalized spacial score (nSPS) is 28.5. The molecule has 17 heavy (non-hydrogen) atoms. The van der Waals surface area contributed by atoms with Crippen molar-refractivity contribution >= 4 is 17.6 Å². The third-order valence-corrected chi connectivity index (χ3v) is 4.56. The van der Waals surface area contributed by atoms with E-state index in [1.54, 1.807) is 24.0 Å². The number of nitrogens with zero attached hydrogens (tertiary/aromatic N) is 2. The van der Waals surface area contributed by atoms with Crippen LogP contribution < -0.4 is 11.4 Å². The first-order valence-electron chi connectivity index (χ1n) is 5.35. The molecule has 7 heteroatoms. The van der Waals surface area contributed by atoms with Crippen LogP contribution in [0, 0.1) is 11.8 Å². The van der Waals surface area contributed by atoms with E-state index in [-0.39, 0.29) is 36.2 Å². The van der Waals surface area contributed by atoms with Gasteiger partial charge in [0.1, 0.15) is 5.82 Å². The molecule has 3 atom stereocenters. The molecule has 1 saturated heterocycles. The van der Waals surface area contributed by atoms with E-state index in [2.05, 4.69) is 4.98 Å². The average Bonchev–Trinajstić information content (AvgIpc) is 2.71. The Morgan fingerprint density at radius 3 is 2.88 bits per heavy atom. The molecule has 0 bridgehead atoms. The summed E-state index contributed by atoms with van der Waals surface area (Å²) in [7, 11) is 0. The lowest BCUT2D eigenvalue weighted by Gasteiger charge is -2.21. The number of hydrogen-bond acceptors (Lipinski definition) is 6. The second-order valence-electron chi connectivity index (χ2n) is 4.06. The summed E-state index contributed by atoms with van der Waals surface area (Å²) in [5.74, 6) is 0.796. The average molecular weight is 257 g/mol. The largest absolute Gasteiger partial charge is 0.396 e. The number of anilines is 1. The van der Waals surface area contributed by atoms with E-state index in [1.165, 1.54) is 4.57 Å². The monoisotopic (exact) mass is 257 g/mol. The number of nitrogens with two attached hydrogens (primary N) is 1. The summed E-state index contributed by atoms with van der Waals surface area (Å²) in [5.41, 5.74) is 5.01. The molecule has 94 valence electrons. The summed E-state index contributed by atoms with van der Waals surface area (Å²) in [4.78, 5) is 15.4. The van der Waals surface area contributed by atoms with Gasteiger partial charge in [0, 0.05) is 31.1 Å². The fourth-order valence-corrected chi connectivity index (χ4v) is 3.71. The summed E-state index contributed by atoms with van der Waals surface area (Å²) in [5, 5.41) is 18.4. The Morgan fingerprint density at radius 1 is 1.53 bits per heavy atom. The number of aliphatic hydroxyl groups excluding tert-OH is 2. The lowest BCUT2D eigenvalue weighted by molar-refractivity contribution is 0.126. The molecule has 1 aliphatic heterocycles. The molecule has 0 spiro atoms. The van der Waals surface area contributed by atoms with Crippen LogP contribution in [0.1, 0.15) is 5.37 Å². The summed E-state index contributed by atoms with van der Waals surface area (Å²) < 4.78 is 1.47. The SMILES string of the molecule is Nc1ccn([C@@H]2SC[C@H](CO)[C@@H]2CO)c(=O)n1. The van der Waals surface area contributed by atoms with Gasteiger partial charge >= 0.3 is 5.69 Å². The van der Waals surface area contributed by atoms with Gasteiger partial charge in [-0.15, -0.1) is 11.8 Å². The molecule has 6 nitrogen and oxygen atoms in total. The lowest BCUT2D eigenvalue weighted by atomic mass is 9.95. The van der Waals surface area contributed by atoms with E-state index < -0.39 is 5.69 Å². The molecule has 0 aromatic carbocycles. The van der Waals surface area contributed by atoms with Crippen molar-refractivity contribution in [1.29, 1.82) is 0 Å². The molecular formula is C10H15N3O3S. The summed E-state index contributed by atoms with van der Waals surface area (Å²) in [6.45, 7) is -0.0361. The van der Waals surface area contributed by atoms with Crippen molar-refractivity contribution in [2.45, 2.75) is 5.37 Å². The quantitative estimate of drug-likeness (QED) is 0.661. The van der Waals surface area contributed by atoms with Crippen LogP contribution in [0.2, 0.25) is 0 Å². The van der Waals surface area contributed by atoms with Crippen LogP contribution in [0.3, 0.4) is 0 Å². The van der Waals surface area contributed by atoms with Crippen molar-refractivity contribution in [1.82, 2.24) is 9.55 Å². The van der Waals surface area contributed by atoms with E-state index in [1.807, 2.05) is 0 Å². The van der Waals surface area contributed by atoms with Gasteiger partial charge in [0.15, 0.2) is 0 Å². The van der Waals surface area contributed by atoms with E-state index in [0.717, 1.165) is 5.75 Å². The third-order valence-electron chi connectivity index (χ3n) is 3.02. The fourth-order valence-electron chi connectivity index (χ4n) is 2.04. The Bertz CT molecular complexity index is 451. The predicted octanol–water partition coefficient (Wildman–Crippen LogP) is -0.712. The maximum Gasteiger partial charge on any atom is 0.350 e. The first-order valence-corrected chi connectivity index (χ1v) is 6.40. The molecule has 0 unspecified atom stereocenters. The van der Waals surface area contributed by atoms with Crippen molar-refractivity contribution in [2.75, 3.05) is 24.7 Å². The Morgan fingerprint density at radius 2 is 2.29 bits per heavy atom. The number of aromatic nitrogens is 2. The van der Waals surface area contributed by atoms with E-state index in [9.17, 15) is 15.0 Å². The van der Waals surface area contributed by atoms with Gasteiger partial charge < -0.3 is 15.9 Å². The first kappa shape index (κ1) is 12.4. The van der Waals surface area contributed by atoms with Crippen molar-refractivity contribution in [2.24, 2.45) is 11.8 Å². The van der Waals surface area contributed by atoms with Crippen LogP contribution in [-0.4, -0.2) is 38.7 Å². The van der Waals surface area contributed by atoms with E-state index in [4.69, 9.17) is 5.73 Å². The molecule has 0 aliphatic carbocycles. The Hall–Kier alpha value is -1.05. The highest BCUT2D eigenvalue weighted by molar-refractivity contribution is 7.99. The van der Waals surface area contributed by atoms with Gasteiger partial charge in [0.05, 0.1) is 5.37 Å². The van der Waals surface area contributed by atoms with Crippen molar-refractivity contribution in [3.8, 4) is 0 Å². The number of rotatable bonds is 3. The molecule has 1 aromatic rings. The molecule has 0 saturated carbocycles. The maximum atomic E-state index is 11.7. The van der Waals surface area contributed by atoms with Crippen LogP contribution in [0.25, 0.3) is 0 Å². The predicted molar refractivity (Wildman–Crippen MR) is 65.6 cm³/mol. The van der Waals surface area contributed by atoms with Crippen molar-refractivity contribution < 1.29 is 10.2 Å². The number of aliphatic hydroxyl groups is 2. The van der Waals surface area contributed by atoms with Gasteiger partial charge in [-0.2, -0.15) is 4.98 Å². The molecule has 1 aliphatic rings. The fraction of sp³-hybridized carbons (Fsp3) is 0.600. The van der Waals surface area contributed by atoms with Gasteiger partial charge in [-0.05, 0) is 12.0 Å². The van der Waals surface area contributed by atoms with Gasteiger partial charge in [-0.25, -0.2) is 4.79 Å². The highest BCUT2D eigenvalue weighted by atomic mass is 32.2. The number of nitrogen functional groups attached to an aromatic ring is 1. The van der Waals surface area contributed by atoms with Crippen molar-refractivity contribution in [3.63, 3.8) is 0 Å². The number of thioether (sulfide) groups is 1. The van der Waals surface area contributed by atoms with E-state index >= 15 is 0 Å². The summed E-state index contributed by atoms with van der Waals surface area (Å²) in [6, 6.07) is 1.56. The second kappa shape index (κ2) is 5.07. The summed E-state index contributed by atoms with van der Waals surface area (Å²) in [6.07, 6.45) is 1.59. The van der Waals surface area contributed by atoms with E-state index in [0.29, 0.717) is 0 Å². The summed E-state index contributed by atoms with van der Waals surface area (Å²) >= 11 is 1.54. The Kier molecular flexibility index (Phi) is 3.70. The first-order chi connectivity index (χ1) is 8.17. The number of hydrogen-bond donors (Lipinski definition) is 3. The van der Waals surface area contributed by atoms with Gasteiger partial charge in [-0.3, -0.25) is 4.57 Å². The maximum absolute atomic E-state index is 11.7. The zero-order valence-corrected chi connectivity index (χ0v) is 10.0. The van der Waals surface area contributed by atoms with Gasteiger partial charge in [0.2, 0.25) is 0 Å². The minimum absolute atomic E-state index is 0.0134.